The summed E-state index contributed by atoms with van der Waals surface area (Å²) in [4.78, 5) is 0. The smallest absolute Gasteiger partial charge is 0.454 e. The second-order valence-corrected chi connectivity index (χ2v) is 6.20. The first-order valence-corrected chi connectivity index (χ1v) is 9.77. The molecule has 0 amide bonds. The molecule has 1 aromatic rings. The maximum absolute atomic E-state index is 7.17. The third kappa shape index (κ3) is 10.8. The van der Waals surface area contributed by atoms with E-state index >= 15 is 0 Å². The Labute approximate surface area is 167 Å². The van der Waals surface area contributed by atoms with Gasteiger partial charge in [-0.05, 0) is 36.1 Å². The van der Waals surface area contributed by atoms with Crippen LogP contribution >= 0.6 is 0 Å². The highest BCUT2D eigenvalue weighted by atomic mass is 16.7. The minimum absolute atomic E-state index is 0.305. The molecule has 28 heavy (non-hydrogen) atoms. The van der Waals surface area contributed by atoms with Crippen LogP contribution in [0.15, 0.2) is 12.1 Å². The highest BCUT2D eigenvalue weighted by molar-refractivity contribution is 6.30. The van der Waals surface area contributed by atoms with Crippen LogP contribution in [-0.4, -0.2) is 62.2 Å². The molecule has 3 N–H and O–H groups in total. The Hall–Kier alpha value is -1.36. The Balaban J connectivity index is 0.000000892. The average molecular weight is 400 g/mol. The predicted octanol–water partition coefficient (Wildman–Crippen LogP) is 1.67. The molecule has 0 saturated carbocycles. The van der Waals surface area contributed by atoms with Crippen molar-refractivity contribution in [1.29, 1.82) is 0 Å². The van der Waals surface area contributed by atoms with Crippen molar-refractivity contribution in [2.75, 3.05) is 39.8 Å². The summed E-state index contributed by atoms with van der Waals surface area (Å²) < 4.78 is 27.6. The number of hydrogen-bond acceptors (Lipinski definition) is 8. The molecule has 1 aliphatic rings. The number of aryl methyl sites for hydroxylation is 1. The van der Waals surface area contributed by atoms with Gasteiger partial charge < -0.3 is 38.8 Å². The molecule has 0 aliphatic carbocycles. The van der Waals surface area contributed by atoms with Crippen molar-refractivity contribution < 1.29 is 38.8 Å². The first-order valence-electron chi connectivity index (χ1n) is 9.77. The van der Waals surface area contributed by atoms with Crippen LogP contribution < -0.4 is 9.47 Å². The Bertz CT molecular complexity index is 524. The van der Waals surface area contributed by atoms with Gasteiger partial charge in [0.2, 0.25) is 6.79 Å². The zero-order valence-corrected chi connectivity index (χ0v) is 16.9. The molecule has 0 unspecified atom stereocenters. The maximum atomic E-state index is 7.17. The maximum Gasteiger partial charge on any atom is 0.631 e. The van der Waals surface area contributed by atoms with E-state index in [4.69, 9.17) is 38.8 Å². The van der Waals surface area contributed by atoms with E-state index in [2.05, 4.69) is 19.9 Å². The van der Waals surface area contributed by atoms with Crippen LogP contribution in [0.1, 0.15) is 44.2 Å². The highest BCUT2D eigenvalue weighted by Gasteiger charge is 2.16. The molecular weight excluding hydrogens is 367 g/mol. The van der Waals surface area contributed by atoms with Crippen molar-refractivity contribution in [2.45, 2.75) is 46.1 Å². The second-order valence-electron chi connectivity index (χ2n) is 6.20. The number of rotatable bonds is 13. The molecule has 0 bridgehead atoms. The Morgan fingerprint density at radius 3 is 1.93 bits per heavy atom. The van der Waals surface area contributed by atoms with Gasteiger partial charge in [0, 0.05) is 6.61 Å². The molecule has 0 aromatic heterocycles. The van der Waals surface area contributed by atoms with Gasteiger partial charge >= 0.3 is 7.32 Å². The Morgan fingerprint density at radius 2 is 1.36 bits per heavy atom. The lowest BCUT2D eigenvalue weighted by Gasteiger charge is -2.11. The van der Waals surface area contributed by atoms with Gasteiger partial charge in [-0.25, -0.2) is 0 Å². The molecule has 8 nitrogen and oxygen atoms in total. The summed E-state index contributed by atoms with van der Waals surface area (Å²) in [6.45, 7) is 8.47. The van der Waals surface area contributed by atoms with Gasteiger partial charge in [-0.1, -0.05) is 26.7 Å². The van der Waals surface area contributed by atoms with Gasteiger partial charge in [-0.2, -0.15) is 0 Å². The van der Waals surface area contributed by atoms with Crippen molar-refractivity contribution in [1.82, 2.24) is 0 Å². The van der Waals surface area contributed by atoms with Gasteiger partial charge in [-0.15, -0.1) is 0 Å². The average Bonchev–Trinajstić information content (AvgIpc) is 3.10. The number of benzene rings is 1. The summed E-state index contributed by atoms with van der Waals surface area (Å²) in [5.41, 5.74) is 2.44. The third-order valence-corrected chi connectivity index (χ3v) is 3.86. The minimum Gasteiger partial charge on any atom is -0.454 e. The normalized spacial score (nSPS) is 11.9. The van der Waals surface area contributed by atoms with E-state index in [1.165, 1.54) is 11.1 Å². The molecule has 1 aromatic carbocycles. The first kappa shape index (κ1) is 24.7. The van der Waals surface area contributed by atoms with Crippen LogP contribution in [0, 0.1) is 0 Å². The topological polar surface area (TPSA) is 107 Å². The van der Waals surface area contributed by atoms with Crippen LogP contribution in [0.4, 0.5) is 0 Å². The van der Waals surface area contributed by atoms with Crippen LogP contribution in [0.5, 0.6) is 11.5 Å². The number of fused-ring (bicyclic) bond motifs is 1. The van der Waals surface area contributed by atoms with E-state index in [1.807, 2.05) is 6.07 Å². The van der Waals surface area contributed by atoms with E-state index < -0.39 is 7.32 Å². The molecular formula is C19H33BO8. The van der Waals surface area contributed by atoms with E-state index in [-0.39, 0.29) is 0 Å². The quantitative estimate of drug-likeness (QED) is 0.339. The fraction of sp³-hybridized carbons (Fsp3) is 0.684. The Kier molecular flexibility index (Phi) is 13.7. The molecule has 0 fully saturated rings. The Morgan fingerprint density at radius 1 is 0.821 bits per heavy atom. The van der Waals surface area contributed by atoms with Gasteiger partial charge in [0.25, 0.3) is 0 Å². The van der Waals surface area contributed by atoms with Crippen molar-refractivity contribution in [3.63, 3.8) is 0 Å². The lowest BCUT2D eigenvalue weighted by molar-refractivity contribution is 0.0101. The van der Waals surface area contributed by atoms with Gasteiger partial charge in [0.1, 0.15) is 0 Å². The SMILES string of the molecule is CCCCOCCOCCOCc1cc2c(cc1CCC)OCO2.OB(O)O. The fourth-order valence-corrected chi connectivity index (χ4v) is 2.53. The van der Waals surface area contributed by atoms with Crippen molar-refractivity contribution in [3.8, 4) is 11.5 Å². The predicted molar refractivity (Wildman–Crippen MR) is 105 cm³/mol. The van der Waals surface area contributed by atoms with E-state index in [9.17, 15) is 0 Å². The zero-order valence-electron chi connectivity index (χ0n) is 16.9. The molecule has 9 heteroatoms. The van der Waals surface area contributed by atoms with Gasteiger partial charge in [-0.3, -0.25) is 0 Å². The monoisotopic (exact) mass is 400 g/mol. The lowest BCUT2D eigenvalue weighted by atomic mass is 10.0. The molecule has 0 radical (unpaired) electrons. The van der Waals surface area contributed by atoms with Crippen molar-refractivity contribution in [3.05, 3.63) is 23.3 Å². The zero-order chi connectivity index (χ0) is 20.6. The third-order valence-electron chi connectivity index (χ3n) is 3.86. The largest absolute Gasteiger partial charge is 0.631 e. The highest BCUT2D eigenvalue weighted by Crippen LogP contribution is 2.35. The van der Waals surface area contributed by atoms with Gasteiger partial charge in [0.05, 0.1) is 33.0 Å². The van der Waals surface area contributed by atoms with E-state index in [0.717, 1.165) is 43.8 Å². The fourth-order valence-electron chi connectivity index (χ4n) is 2.53. The molecule has 0 saturated heterocycles. The lowest BCUT2D eigenvalue weighted by Crippen LogP contribution is -2.10. The molecule has 0 spiro atoms. The molecule has 2 rings (SSSR count). The minimum atomic E-state index is -2.17. The number of ether oxygens (including phenoxy) is 5. The van der Waals surface area contributed by atoms with E-state index in [1.54, 1.807) is 0 Å². The summed E-state index contributed by atoms with van der Waals surface area (Å²) in [6, 6.07) is 4.12. The summed E-state index contributed by atoms with van der Waals surface area (Å²) in [7, 11) is -2.17. The molecule has 0 atom stereocenters. The summed E-state index contributed by atoms with van der Waals surface area (Å²) in [5.74, 6) is 1.66. The summed E-state index contributed by atoms with van der Waals surface area (Å²) >= 11 is 0. The standard InChI is InChI=1S/C19H30O5.BH3O3/c1-3-5-7-20-8-9-21-10-11-22-14-17-13-19-18(23-15-24-19)12-16(17)6-4-2;2-1(3)4/h12-13H,3-11,14-15H2,1-2H3;2-4H. The molecule has 160 valence electrons. The summed E-state index contributed by atoms with van der Waals surface area (Å²) in [6.07, 6.45) is 4.38. The van der Waals surface area contributed by atoms with Crippen molar-refractivity contribution >= 4 is 7.32 Å². The molecule has 1 aliphatic heterocycles. The molecule has 1 heterocycles. The van der Waals surface area contributed by atoms with Crippen molar-refractivity contribution in [2.24, 2.45) is 0 Å². The van der Waals surface area contributed by atoms with Crippen LogP contribution in [-0.2, 0) is 27.2 Å². The van der Waals surface area contributed by atoms with Gasteiger partial charge in [0.15, 0.2) is 11.5 Å². The van der Waals surface area contributed by atoms with E-state index in [0.29, 0.717) is 39.8 Å². The van der Waals surface area contributed by atoms with Crippen LogP contribution in [0.3, 0.4) is 0 Å². The number of hydrogen-bond donors (Lipinski definition) is 3. The van der Waals surface area contributed by atoms with Crippen LogP contribution in [0.2, 0.25) is 0 Å². The number of unbranched alkanes of at least 4 members (excludes halogenated alkanes) is 1. The first-order chi connectivity index (χ1) is 13.6. The second kappa shape index (κ2) is 15.6. The van der Waals surface area contributed by atoms with Crippen LogP contribution in [0.25, 0.3) is 0 Å². The summed E-state index contributed by atoms with van der Waals surface area (Å²) in [5, 5.41) is 21.5.